The molecule has 0 spiro atoms. The Morgan fingerprint density at radius 1 is 1.23 bits per heavy atom. The van der Waals surface area contributed by atoms with Crippen LogP contribution >= 0.6 is 22.7 Å². The van der Waals surface area contributed by atoms with E-state index < -0.39 is 0 Å². The van der Waals surface area contributed by atoms with Gasteiger partial charge in [0.2, 0.25) is 5.91 Å². The van der Waals surface area contributed by atoms with E-state index in [1.165, 1.54) is 16.9 Å². The molecule has 0 aliphatic heterocycles. The quantitative estimate of drug-likeness (QED) is 0.845. The Kier molecular flexibility index (Phi) is 6.15. The maximum atomic E-state index is 12.2. The van der Waals surface area contributed by atoms with Crippen LogP contribution in [0.1, 0.15) is 29.3 Å². The van der Waals surface area contributed by atoms with E-state index in [0.717, 1.165) is 6.42 Å². The van der Waals surface area contributed by atoms with Crippen molar-refractivity contribution in [2.45, 2.75) is 25.8 Å². The highest BCUT2D eigenvalue weighted by Gasteiger charge is 2.16. The summed E-state index contributed by atoms with van der Waals surface area (Å²) < 4.78 is 0. The molecule has 0 aliphatic rings. The van der Waals surface area contributed by atoms with Crippen molar-refractivity contribution >= 4 is 34.5 Å². The topological polar surface area (TPSA) is 49.4 Å². The van der Waals surface area contributed by atoms with Crippen LogP contribution < -0.4 is 5.32 Å². The minimum absolute atomic E-state index is 0.0494. The SMILES string of the molecule is C[C@H](Cc1ccsc1)N(C)C(=O)CCNC(=O)c1ccsc1. The molecule has 2 heterocycles. The summed E-state index contributed by atoms with van der Waals surface area (Å²) in [6.45, 7) is 2.41. The monoisotopic (exact) mass is 336 g/mol. The van der Waals surface area contributed by atoms with Crippen molar-refractivity contribution in [2.75, 3.05) is 13.6 Å². The number of carbonyl (C=O) groups is 2. The van der Waals surface area contributed by atoms with Crippen LogP contribution in [0.5, 0.6) is 0 Å². The summed E-state index contributed by atoms with van der Waals surface area (Å²) in [7, 11) is 1.82. The van der Waals surface area contributed by atoms with E-state index in [-0.39, 0.29) is 17.9 Å². The number of amides is 2. The van der Waals surface area contributed by atoms with Gasteiger partial charge >= 0.3 is 0 Å². The fraction of sp³-hybridized carbons (Fsp3) is 0.375. The van der Waals surface area contributed by atoms with Crippen molar-refractivity contribution in [2.24, 2.45) is 0 Å². The number of hydrogen-bond acceptors (Lipinski definition) is 4. The summed E-state index contributed by atoms with van der Waals surface area (Å²) in [5.74, 6) is -0.0728. The summed E-state index contributed by atoms with van der Waals surface area (Å²) in [6, 6.07) is 4.01. The van der Waals surface area contributed by atoms with Gasteiger partial charge in [-0.15, -0.1) is 0 Å². The molecular weight excluding hydrogens is 316 g/mol. The standard InChI is InChI=1S/C16H20N2O2S2/c1-12(9-13-4-7-21-10-13)18(2)15(19)3-6-17-16(20)14-5-8-22-11-14/h4-5,7-8,10-12H,3,6,9H2,1-2H3,(H,17,20)/t12-/m1/s1. The van der Waals surface area contributed by atoms with Crippen LogP contribution in [0.25, 0.3) is 0 Å². The summed E-state index contributed by atoms with van der Waals surface area (Å²) in [4.78, 5) is 25.7. The lowest BCUT2D eigenvalue weighted by Crippen LogP contribution is -2.38. The van der Waals surface area contributed by atoms with E-state index in [4.69, 9.17) is 0 Å². The molecule has 0 aromatic carbocycles. The van der Waals surface area contributed by atoms with Gasteiger partial charge in [0.05, 0.1) is 0 Å². The Hall–Kier alpha value is -1.66. The molecule has 1 atom stereocenters. The summed E-state index contributed by atoms with van der Waals surface area (Å²) in [5.41, 5.74) is 1.90. The summed E-state index contributed by atoms with van der Waals surface area (Å²) in [6.07, 6.45) is 1.17. The van der Waals surface area contributed by atoms with Crippen molar-refractivity contribution in [1.29, 1.82) is 0 Å². The van der Waals surface area contributed by atoms with E-state index in [1.807, 2.05) is 24.7 Å². The minimum Gasteiger partial charge on any atom is -0.351 e. The normalized spacial score (nSPS) is 11.9. The first-order valence-corrected chi connectivity index (χ1v) is 9.03. The Morgan fingerprint density at radius 2 is 1.95 bits per heavy atom. The molecule has 2 amide bonds. The van der Waals surface area contributed by atoms with Crippen molar-refractivity contribution < 1.29 is 9.59 Å². The van der Waals surface area contributed by atoms with Crippen LogP contribution in [-0.4, -0.2) is 36.3 Å². The maximum Gasteiger partial charge on any atom is 0.252 e. The van der Waals surface area contributed by atoms with Crippen molar-refractivity contribution in [3.8, 4) is 0 Å². The largest absolute Gasteiger partial charge is 0.351 e. The third-order valence-corrected chi connectivity index (χ3v) is 4.99. The molecule has 22 heavy (non-hydrogen) atoms. The molecule has 0 fully saturated rings. The Morgan fingerprint density at radius 3 is 2.59 bits per heavy atom. The zero-order valence-corrected chi connectivity index (χ0v) is 14.4. The Labute approximate surface area is 138 Å². The van der Waals surface area contributed by atoms with Gasteiger partial charge < -0.3 is 10.2 Å². The maximum absolute atomic E-state index is 12.2. The average Bonchev–Trinajstić information content (AvgIpc) is 3.19. The van der Waals surface area contributed by atoms with Crippen LogP contribution in [0.4, 0.5) is 0 Å². The number of nitrogens with zero attached hydrogens (tertiary/aromatic N) is 1. The average molecular weight is 336 g/mol. The van der Waals surface area contributed by atoms with Gasteiger partial charge in [-0.05, 0) is 47.2 Å². The molecule has 2 rings (SSSR count). The molecule has 118 valence electrons. The predicted octanol–water partition coefficient (Wildman–Crippen LogP) is 3.02. The van der Waals surface area contributed by atoms with Gasteiger partial charge in [-0.2, -0.15) is 22.7 Å². The number of carbonyl (C=O) groups excluding carboxylic acids is 2. The molecule has 6 heteroatoms. The fourth-order valence-corrected chi connectivity index (χ4v) is 3.41. The molecule has 4 nitrogen and oxygen atoms in total. The number of thiophene rings is 2. The third-order valence-electron chi connectivity index (χ3n) is 3.57. The lowest BCUT2D eigenvalue weighted by Gasteiger charge is -2.25. The number of hydrogen-bond donors (Lipinski definition) is 1. The van der Waals surface area contributed by atoms with Crippen LogP contribution in [0.3, 0.4) is 0 Å². The first-order chi connectivity index (χ1) is 10.6. The van der Waals surface area contributed by atoms with E-state index in [2.05, 4.69) is 16.8 Å². The predicted molar refractivity (Wildman–Crippen MR) is 91.5 cm³/mol. The molecule has 0 radical (unpaired) electrons. The molecule has 1 N–H and O–H groups in total. The third kappa shape index (κ3) is 4.68. The fourth-order valence-electron chi connectivity index (χ4n) is 2.09. The smallest absolute Gasteiger partial charge is 0.252 e. The Bertz CT molecular complexity index is 594. The summed E-state index contributed by atoms with van der Waals surface area (Å²) in [5, 5.41) is 10.6. The molecule has 0 saturated carbocycles. The zero-order chi connectivity index (χ0) is 15.9. The van der Waals surface area contributed by atoms with Crippen LogP contribution in [0.15, 0.2) is 33.7 Å². The number of nitrogens with one attached hydrogen (secondary N) is 1. The zero-order valence-electron chi connectivity index (χ0n) is 12.7. The van der Waals surface area contributed by atoms with Gasteiger partial charge in [0.25, 0.3) is 5.91 Å². The van der Waals surface area contributed by atoms with E-state index in [9.17, 15) is 9.59 Å². The van der Waals surface area contributed by atoms with Crippen LogP contribution in [-0.2, 0) is 11.2 Å². The number of rotatable bonds is 7. The highest BCUT2D eigenvalue weighted by molar-refractivity contribution is 7.08. The highest BCUT2D eigenvalue weighted by atomic mass is 32.1. The van der Waals surface area contributed by atoms with Gasteiger partial charge in [-0.1, -0.05) is 0 Å². The van der Waals surface area contributed by atoms with Crippen LogP contribution in [0, 0.1) is 0 Å². The number of likely N-dealkylation sites (N-methyl/N-ethyl adjacent to an activating group) is 1. The van der Waals surface area contributed by atoms with Gasteiger partial charge in [-0.3, -0.25) is 9.59 Å². The van der Waals surface area contributed by atoms with Gasteiger partial charge in [0, 0.05) is 37.0 Å². The molecule has 0 aliphatic carbocycles. The molecule has 0 unspecified atom stereocenters. The first kappa shape index (κ1) is 16.7. The van der Waals surface area contributed by atoms with Crippen molar-refractivity contribution in [1.82, 2.24) is 10.2 Å². The lowest BCUT2D eigenvalue weighted by molar-refractivity contribution is -0.131. The van der Waals surface area contributed by atoms with E-state index >= 15 is 0 Å². The molecule has 0 bridgehead atoms. The molecule has 2 aromatic heterocycles. The van der Waals surface area contributed by atoms with Crippen LogP contribution in [0.2, 0.25) is 0 Å². The second kappa shape index (κ2) is 8.10. The van der Waals surface area contributed by atoms with Gasteiger partial charge in [-0.25, -0.2) is 0 Å². The van der Waals surface area contributed by atoms with Crippen molar-refractivity contribution in [3.05, 3.63) is 44.8 Å². The van der Waals surface area contributed by atoms with E-state index in [1.54, 1.807) is 27.7 Å². The Balaban J connectivity index is 1.73. The lowest BCUT2D eigenvalue weighted by atomic mass is 10.1. The van der Waals surface area contributed by atoms with Gasteiger partial charge in [0.15, 0.2) is 0 Å². The van der Waals surface area contributed by atoms with Crippen molar-refractivity contribution in [3.63, 3.8) is 0 Å². The van der Waals surface area contributed by atoms with E-state index in [0.29, 0.717) is 18.5 Å². The second-order valence-electron chi connectivity index (χ2n) is 5.21. The molecule has 0 saturated heterocycles. The summed E-state index contributed by atoms with van der Waals surface area (Å²) >= 11 is 3.15. The molecular formula is C16H20N2O2S2. The van der Waals surface area contributed by atoms with Gasteiger partial charge in [0.1, 0.15) is 0 Å². The molecule has 2 aromatic rings. The first-order valence-electron chi connectivity index (χ1n) is 7.15. The highest BCUT2D eigenvalue weighted by Crippen LogP contribution is 2.12. The minimum atomic E-state index is -0.122. The second-order valence-corrected chi connectivity index (χ2v) is 6.77.